The fourth-order valence-corrected chi connectivity index (χ4v) is 5.02. The molecule has 0 unspecified atom stereocenters. The minimum absolute atomic E-state index is 0.647. The highest BCUT2D eigenvalue weighted by molar-refractivity contribution is 5.86. The van der Waals surface area contributed by atoms with Crippen LogP contribution in [0, 0.1) is 0 Å². The molecule has 0 atom stereocenters. The Morgan fingerprint density at radius 3 is 1.24 bits per heavy atom. The number of rotatable bonds is 19. The van der Waals surface area contributed by atoms with Gasteiger partial charge in [0.25, 0.3) is 0 Å². The van der Waals surface area contributed by atoms with Gasteiger partial charge in [-0.2, -0.15) is 0 Å². The van der Waals surface area contributed by atoms with Crippen LogP contribution in [0.1, 0.15) is 121 Å². The van der Waals surface area contributed by atoms with Crippen LogP contribution in [0.15, 0.2) is 60.7 Å². The molecule has 0 fully saturated rings. The van der Waals surface area contributed by atoms with E-state index in [1.165, 1.54) is 83.5 Å². The monoisotopic (exact) mass is 450 g/mol. The van der Waals surface area contributed by atoms with Gasteiger partial charge in [-0.3, -0.25) is 4.79 Å². The molecular formula is C31H46O2. The SMILES string of the molecule is CCCCCCCCCCCCCCCCCC(C(=O)O)(c1ccccc1)c1ccccc1. The molecule has 2 heteroatoms. The first-order valence-corrected chi connectivity index (χ1v) is 13.6. The van der Waals surface area contributed by atoms with Crippen LogP contribution in [0.3, 0.4) is 0 Å². The van der Waals surface area contributed by atoms with E-state index in [2.05, 4.69) is 6.92 Å². The summed E-state index contributed by atoms with van der Waals surface area (Å²) in [6, 6.07) is 19.6. The molecule has 0 aliphatic heterocycles. The van der Waals surface area contributed by atoms with Gasteiger partial charge in [0.1, 0.15) is 5.41 Å². The number of aliphatic carboxylic acids is 1. The van der Waals surface area contributed by atoms with Crippen molar-refractivity contribution in [2.24, 2.45) is 0 Å². The summed E-state index contributed by atoms with van der Waals surface area (Å²) < 4.78 is 0. The van der Waals surface area contributed by atoms with Crippen molar-refractivity contribution < 1.29 is 9.90 Å². The van der Waals surface area contributed by atoms with Crippen LogP contribution in [0.4, 0.5) is 0 Å². The van der Waals surface area contributed by atoms with Crippen molar-refractivity contribution in [1.29, 1.82) is 0 Å². The van der Waals surface area contributed by atoms with E-state index in [1.807, 2.05) is 60.7 Å². The van der Waals surface area contributed by atoms with Crippen LogP contribution in [0.25, 0.3) is 0 Å². The molecule has 33 heavy (non-hydrogen) atoms. The molecule has 0 saturated heterocycles. The Balaban J connectivity index is 1.67. The lowest BCUT2D eigenvalue weighted by Gasteiger charge is -2.31. The zero-order valence-corrected chi connectivity index (χ0v) is 20.9. The summed E-state index contributed by atoms with van der Waals surface area (Å²) in [5, 5.41) is 10.3. The van der Waals surface area contributed by atoms with Crippen LogP contribution < -0.4 is 0 Å². The molecule has 0 aromatic heterocycles. The fraction of sp³-hybridized carbons (Fsp3) is 0.581. The zero-order chi connectivity index (χ0) is 23.6. The maximum atomic E-state index is 12.6. The van der Waals surface area contributed by atoms with Gasteiger partial charge in [0.15, 0.2) is 0 Å². The zero-order valence-electron chi connectivity index (χ0n) is 20.9. The smallest absolute Gasteiger partial charge is 0.318 e. The third-order valence-electron chi connectivity index (χ3n) is 7.05. The number of carbonyl (C=O) groups is 1. The second-order valence-electron chi connectivity index (χ2n) is 9.64. The third-order valence-corrected chi connectivity index (χ3v) is 7.05. The number of hydrogen-bond donors (Lipinski definition) is 1. The average Bonchev–Trinajstić information content (AvgIpc) is 2.85. The quantitative estimate of drug-likeness (QED) is 0.216. The summed E-state index contributed by atoms with van der Waals surface area (Å²) in [6.07, 6.45) is 20.4. The summed E-state index contributed by atoms with van der Waals surface area (Å²) in [5.41, 5.74) is 0.808. The molecule has 2 rings (SSSR count). The van der Waals surface area contributed by atoms with E-state index in [1.54, 1.807) is 0 Å². The molecule has 0 radical (unpaired) electrons. The van der Waals surface area contributed by atoms with Gasteiger partial charge < -0.3 is 5.11 Å². The van der Waals surface area contributed by atoms with E-state index < -0.39 is 11.4 Å². The molecule has 2 nitrogen and oxygen atoms in total. The molecule has 2 aromatic carbocycles. The lowest BCUT2D eigenvalue weighted by Crippen LogP contribution is -2.37. The third kappa shape index (κ3) is 9.35. The van der Waals surface area contributed by atoms with Gasteiger partial charge in [-0.05, 0) is 17.5 Å². The molecular weight excluding hydrogens is 404 g/mol. The first-order chi connectivity index (χ1) is 16.2. The second kappa shape index (κ2) is 16.5. The molecule has 0 bridgehead atoms. The summed E-state index contributed by atoms with van der Waals surface area (Å²) in [6.45, 7) is 2.28. The molecule has 0 spiro atoms. The van der Waals surface area contributed by atoms with E-state index in [-0.39, 0.29) is 0 Å². The molecule has 0 amide bonds. The predicted molar refractivity (Wildman–Crippen MR) is 141 cm³/mol. The number of benzene rings is 2. The van der Waals surface area contributed by atoms with Crippen LogP contribution in [0.2, 0.25) is 0 Å². The van der Waals surface area contributed by atoms with Crippen LogP contribution in [0.5, 0.6) is 0 Å². The number of carboxylic acid groups (broad SMARTS) is 1. The van der Waals surface area contributed by atoms with Crippen molar-refractivity contribution in [2.75, 3.05) is 0 Å². The van der Waals surface area contributed by atoms with Gasteiger partial charge in [-0.15, -0.1) is 0 Å². The van der Waals surface area contributed by atoms with Crippen LogP contribution >= 0.6 is 0 Å². The lowest BCUT2D eigenvalue weighted by atomic mass is 9.71. The van der Waals surface area contributed by atoms with Crippen molar-refractivity contribution in [3.63, 3.8) is 0 Å². The van der Waals surface area contributed by atoms with Crippen LogP contribution in [-0.2, 0) is 10.2 Å². The first-order valence-electron chi connectivity index (χ1n) is 13.6. The molecule has 0 aliphatic rings. The van der Waals surface area contributed by atoms with Crippen LogP contribution in [-0.4, -0.2) is 11.1 Å². The molecule has 2 aromatic rings. The highest BCUT2D eigenvalue weighted by Gasteiger charge is 2.41. The number of unbranched alkanes of at least 4 members (excludes halogenated alkanes) is 14. The molecule has 1 N–H and O–H groups in total. The standard InChI is InChI=1S/C31H46O2/c1-2-3-4-5-6-7-8-9-10-11-12-13-14-15-22-27-31(30(32)33,28-23-18-16-19-24-28)29-25-20-17-21-26-29/h16-21,23-26H,2-15,22,27H2,1H3,(H,32,33). The van der Waals surface area contributed by atoms with Gasteiger partial charge in [-0.25, -0.2) is 0 Å². The largest absolute Gasteiger partial charge is 0.480 e. The highest BCUT2D eigenvalue weighted by Crippen LogP contribution is 2.38. The summed E-state index contributed by atoms with van der Waals surface area (Å²) >= 11 is 0. The maximum Gasteiger partial charge on any atom is 0.318 e. The summed E-state index contributed by atoms with van der Waals surface area (Å²) in [7, 11) is 0. The molecule has 0 heterocycles. The molecule has 0 saturated carbocycles. The second-order valence-corrected chi connectivity index (χ2v) is 9.64. The first kappa shape index (κ1) is 27.2. The Labute approximate surface area is 202 Å². The number of hydrogen-bond acceptors (Lipinski definition) is 1. The van der Waals surface area contributed by atoms with E-state index in [4.69, 9.17) is 0 Å². The average molecular weight is 451 g/mol. The van der Waals surface area contributed by atoms with Gasteiger partial charge >= 0.3 is 5.97 Å². The maximum absolute atomic E-state index is 12.6. The minimum Gasteiger partial charge on any atom is -0.480 e. The Kier molecular flexibility index (Phi) is 13.6. The van der Waals surface area contributed by atoms with Crippen molar-refractivity contribution in [1.82, 2.24) is 0 Å². The highest BCUT2D eigenvalue weighted by atomic mass is 16.4. The van der Waals surface area contributed by atoms with Crippen molar-refractivity contribution in [3.8, 4) is 0 Å². The van der Waals surface area contributed by atoms with Gasteiger partial charge in [0, 0.05) is 0 Å². The van der Waals surface area contributed by atoms with Crippen molar-refractivity contribution in [3.05, 3.63) is 71.8 Å². The van der Waals surface area contributed by atoms with E-state index in [9.17, 15) is 9.90 Å². The summed E-state index contributed by atoms with van der Waals surface area (Å²) in [4.78, 5) is 12.6. The Morgan fingerprint density at radius 2 is 0.909 bits per heavy atom. The topological polar surface area (TPSA) is 37.3 Å². The summed E-state index contributed by atoms with van der Waals surface area (Å²) in [5.74, 6) is -0.745. The molecule has 182 valence electrons. The van der Waals surface area contributed by atoms with Gasteiger partial charge in [-0.1, -0.05) is 164 Å². The minimum atomic E-state index is -0.959. The number of carboxylic acids is 1. The van der Waals surface area contributed by atoms with E-state index in [0.29, 0.717) is 6.42 Å². The lowest BCUT2D eigenvalue weighted by molar-refractivity contribution is -0.142. The van der Waals surface area contributed by atoms with Crippen molar-refractivity contribution in [2.45, 2.75) is 115 Å². The van der Waals surface area contributed by atoms with Crippen molar-refractivity contribution >= 4 is 5.97 Å². The Morgan fingerprint density at radius 1 is 0.576 bits per heavy atom. The van der Waals surface area contributed by atoms with E-state index >= 15 is 0 Å². The predicted octanol–water partition coefficient (Wildman–Crippen LogP) is 9.32. The van der Waals surface area contributed by atoms with E-state index in [0.717, 1.165) is 24.0 Å². The fourth-order valence-electron chi connectivity index (χ4n) is 5.02. The van der Waals surface area contributed by atoms with Gasteiger partial charge in [0.05, 0.1) is 0 Å². The van der Waals surface area contributed by atoms with Gasteiger partial charge in [0.2, 0.25) is 0 Å². The molecule has 0 aliphatic carbocycles. The Bertz CT molecular complexity index is 699. The normalized spacial score (nSPS) is 11.5. The Hall–Kier alpha value is -2.09.